The number of rotatable bonds is 7. The molecule has 2 amide bonds. The number of fused-ring (bicyclic) bond motifs is 1. The lowest BCUT2D eigenvalue weighted by Gasteiger charge is -2.42. The van der Waals surface area contributed by atoms with Crippen LogP contribution in [0.2, 0.25) is 0 Å². The third-order valence-electron chi connectivity index (χ3n) is 8.31. The van der Waals surface area contributed by atoms with Gasteiger partial charge >= 0.3 is 0 Å². The van der Waals surface area contributed by atoms with Gasteiger partial charge in [0.15, 0.2) is 0 Å². The van der Waals surface area contributed by atoms with Crippen molar-refractivity contribution in [3.63, 3.8) is 0 Å². The largest absolute Gasteiger partial charge is 0.366 e. The van der Waals surface area contributed by atoms with Crippen LogP contribution in [-0.4, -0.2) is 71.8 Å². The Hall–Kier alpha value is -2.70. The zero-order valence-corrected chi connectivity index (χ0v) is 21.3. The van der Waals surface area contributed by atoms with Crippen LogP contribution in [0, 0.1) is 6.42 Å². The molecule has 2 aliphatic heterocycles. The van der Waals surface area contributed by atoms with Gasteiger partial charge in [-0.05, 0) is 80.3 Å². The highest BCUT2D eigenvalue weighted by molar-refractivity contribution is 5.97. The Morgan fingerprint density at radius 2 is 1.61 bits per heavy atom. The standard InChI is InChI=1S/C30H39N4O2/c31-30(36)29-25(11-10-24-8-4-5-9-27(24)29)12-13-28(35)34-20-18-33(19-21-34)26-14-16-32(17-15-26)22-23-6-2-1-3-7-23/h1-3,6-7,10-11,13,26H,4-5,8-9,12,14-22H2,(H2,31,36). The lowest BCUT2D eigenvalue weighted by Crippen LogP contribution is -2.54. The second kappa shape index (κ2) is 11.6. The molecule has 0 unspecified atom stereocenters. The van der Waals surface area contributed by atoms with Crippen LogP contribution in [-0.2, 0) is 30.6 Å². The molecule has 2 heterocycles. The molecule has 0 atom stereocenters. The van der Waals surface area contributed by atoms with E-state index in [0.717, 1.165) is 82.6 Å². The van der Waals surface area contributed by atoms with Crippen molar-refractivity contribution in [1.29, 1.82) is 0 Å². The summed E-state index contributed by atoms with van der Waals surface area (Å²) in [6.07, 6.45) is 8.77. The highest BCUT2D eigenvalue weighted by atomic mass is 16.2. The van der Waals surface area contributed by atoms with E-state index in [9.17, 15) is 9.59 Å². The van der Waals surface area contributed by atoms with Gasteiger partial charge in [0.05, 0.1) is 6.42 Å². The first-order valence-corrected chi connectivity index (χ1v) is 13.6. The molecule has 0 spiro atoms. The van der Waals surface area contributed by atoms with E-state index in [1.165, 1.54) is 24.0 Å². The number of primary amides is 1. The Labute approximate surface area is 215 Å². The van der Waals surface area contributed by atoms with E-state index < -0.39 is 0 Å². The number of carbonyl (C=O) groups excluding carboxylic acids is 2. The smallest absolute Gasteiger partial charge is 0.249 e. The second-order valence-corrected chi connectivity index (χ2v) is 10.6. The van der Waals surface area contributed by atoms with Gasteiger partial charge < -0.3 is 10.6 Å². The van der Waals surface area contributed by atoms with Crippen molar-refractivity contribution in [2.45, 2.75) is 57.5 Å². The summed E-state index contributed by atoms with van der Waals surface area (Å²) in [5, 5.41) is 0. The second-order valence-electron chi connectivity index (χ2n) is 10.6. The number of piperidine rings is 1. The van der Waals surface area contributed by atoms with E-state index in [2.05, 4.69) is 46.2 Å². The quantitative estimate of drug-likeness (QED) is 0.651. The van der Waals surface area contributed by atoms with E-state index in [1.807, 2.05) is 11.0 Å². The number of benzene rings is 2. The van der Waals surface area contributed by atoms with Gasteiger partial charge in [0.1, 0.15) is 0 Å². The summed E-state index contributed by atoms with van der Waals surface area (Å²) >= 11 is 0. The molecule has 2 aromatic rings. The predicted molar refractivity (Wildman–Crippen MR) is 142 cm³/mol. The Morgan fingerprint density at radius 1 is 0.889 bits per heavy atom. The molecular weight excluding hydrogens is 448 g/mol. The SMILES string of the molecule is NC(=O)c1c(C[CH]C(=O)N2CCN(C3CCN(Cc4ccccc4)CC3)CC2)ccc2c1CCCC2. The normalized spacial score (nSPS) is 19.7. The van der Waals surface area contributed by atoms with Crippen LogP contribution in [0.5, 0.6) is 0 Å². The van der Waals surface area contributed by atoms with Crippen LogP contribution >= 0.6 is 0 Å². The molecule has 1 radical (unpaired) electrons. The molecule has 191 valence electrons. The van der Waals surface area contributed by atoms with Gasteiger partial charge in [-0.2, -0.15) is 0 Å². The van der Waals surface area contributed by atoms with Gasteiger partial charge in [-0.15, -0.1) is 0 Å². The van der Waals surface area contributed by atoms with Crippen molar-refractivity contribution in [3.8, 4) is 0 Å². The predicted octanol–water partition coefficient (Wildman–Crippen LogP) is 3.22. The first-order chi connectivity index (χ1) is 17.6. The molecule has 6 nitrogen and oxygen atoms in total. The summed E-state index contributed by atoms with van der Waals surface area (Å²) < 4.78 is 0. The van der Waals surface area contributed by atoms with E-state index in [-0.39, 0.29) is 11.8 Å². The molecule has 0 saturated carbocycles. The van der Waals surface area contributed by atoms with Gasteiger partial charge in [0, 0.05) is 44.3 Å². The summed E-state index contributed by atoms with van der Waals surface area (Å²) in [5.41, 5.74) is 11.0. The number of likely N-dealkylation sites (tertiary alicyclic amines) is 1. The Kier molecular flexibility index (Phi) is 8.02. The van der Waals surface area contributed by atoms with Crippen molar-refractivity contribution >= 4 is 11.8 Å². The molecule has 36 heavy (non-hydrogen) atoms. The van der Waals surface area contributed by atoms with Gasteiger partial charge in [0.2, 0.25) is 11.8 Å². The zero-order chi connectivity index (χ0) is 24.9. The molecule has 0 aromatic heterocycles. The number of nitrogens with two attached hydrogens (primary N) is 1. The van der Waals surface area contributed by atoms with E-state index in [1.54, 1.807) is 6.42 Å². The van der Waals surface area contributed by atoms with Crippen LogP contribution in [0.4, 0.5) is 0 Å². The van der Waals surface area contributed by atoms with Crippen LogP contribution < -0.4 is 5.73 Å². The molecule has 0 bridgehead atoms. The fourth-order valence-electron chi connectivity index (χ4n) is 6.27. The third-order valence-corrected chi connectivity index (χ3v) is 8.31. The first-order valence-electron chi connectivity index (χ1n) is 13.6. The maximum Gasteiger partial charge on any atom is 0.249 e. The lowest BCUT2D eigenvalue weighted by molar-refractivity contribution is -0.129. The number of amides is 2. The molecule has 5 rings (SSSR count). The molecule has 2 fully saturated rings. The number of carbonyl (C=O) groups is 2. The Morgan fingerprint density at radius 3 is 2.33 bits per heavy atom. The highest BCUT2D eigenvalue weighted by Gasteiger charge is 2.29. The maximum absolute atomic E-state index is 13.0. The maximum atomic E-state index is 13.0. The topological polar surface area (TPSA) is 69.9 Å². The van der Waals surface area contributed by atoms with Crippen molar-refractivity contribution in [1.82, 2.24) is 14.7 Å². The summed E-state index contributed by atoms with van der Waals surface area (Å²) in [6, 6.07) is 15.5. The lowest BCUT2D eigenvalue weighted by atomic mass is 9.84. The molecule has 2 saturated heterocycles. The number of aryl methyl sites for hydroxylation is 1. The minimum Gasteiger partial charge on any atom is -0.366 e. The number of hydrogen-bond donors (Lipinski definition) is 1. The molecule has 3 aliphatic rings. The summed E-state index contributed by atoms with van der Waals surface area (Å²) in [4.78, 5) is 32.3. The van der Waals surface area contributed by atoms with Crippen LogP contribution in [0.3, 0.4) is 0 Å². The van der Waals surface area contributed by atoms with Crippen LogP contribution in [0.25, 0.3) is 0 Å². The molecule has 1 aliphatic carbocycles. The summed E-state index contributed by atoms with van der Waals surface area (Å²) in [6.45, 7) is 6.72. The number of piperazine rings is 1. The molecule has 2 N–H and O–H groups in total. The average Bonchev–Trinajstić information content (AvgIpc) is 2.92. The number of hydrogen-bond acceptors (Lipinski definition) is 4. The van der Waals surface area contributed by atoms with Gasteiger partial charge in [-0.25, -0.2) is 0 Å². The van der Waals surface area contributed by atoms with Gasteiger partial charge in [-0.3, -0.25) is 19.4 Å². The average molecular weight is 488 g/mol. The third kappa shape index (κ3) is 5.81. The van der Waals surface area contributed by atoms with Crippen molar-refractivity contribution < 1.29 is 9.59 Å². The molecular formula is C30H39N4O2. The minimum absolute atomic E-state index is 0.0699. The van der Waals surface area contributed by atoms with Crippen molar-refractivity contribution in [2.75, 3.05) is 39.3 Å². The summed E-state index contributed by atoms with van der Waals surface area (Å²) in [7, 11) is 0. The zero-order valence-electron chi connectivity index (χ0n) is 21.3. The van der Waals surface area contributed by atoms with Crippen molar-refractivity contribution in [2.24, 2.45) is 5.73 Å². The van der Waals surface area contributed by atoms with Gasteiger partial charge in [0.25, 0.3) is 0 Å². The van der Waals surface area contributed by atoms with Crippen LogP contribution in [0.15, 0.2) is 42.5 Å². The Balaban J connectivity index is 1.08. The molecule has 2 aromatic carbocycles. The molecule has 6 heteroatoms. The monoisotopic (exact) mass is 487 g/mol. The summed E-state index contributed by atoms with van der Waals surface area (Å²) in [5.74, 6) is -0.298. The fourth-order valence-corrected chi connectivity index (χ4v) is 6.27. The first kappa shape index (κ1) is 25.0. The fraction of sp³-hybridized carbons (Fsp3) is 0.500. The van der Waals surface area contributed by atoms with Gasteiger partial charge in [-0.1, -0.05) is 42.5 Å². The van der Waals surface area contributed by atoms with E-state index in [4.69, 9.17) is 5.73 Å². The minimum atomic E-state index is -0.368. The Bertz CT molecular complexity index is 1050. The van der Waals surface area contributed by atoms with Crippen molar-refractivity contribution in [3.05, 3.63) is 76.7 Å². The van der Waals surface area contributed by atoms with Crippen LogP contribution in [0.1, 0.15) is 58.3 Å². The number of nitrogens with zero attached hydrogens (tertiary/aromatic N) is 3. The van der Waals surface area contributed by atoms with E-state index >= 15 is 0 Å². The van der Waals surface area contributed by atoms with E-state index in [0.29, 0.717) is 18.0 Å². The highest BCUT2D eigenvalue weighted by Crippen LogP contribution is 2.28.